The van der Waals surface area contributed by atoms with Crippen molar-refractivity contribution in [1.82, 2.24) is 9.29 Å². The molecule has 1 heterocycles. The third-order valence-corrected chi connectivity index (χ3v) is 7.66. The Kier molecular flexibility index (Phi) is 7.19. The second-order valence-electron chi connectivity index (χ2n) is 6.84. The molecule has 1 amide bonds. The van der Waals surface area contributed by atoms with Crippen molar-refractivity contribution in [2.45, 2.75) is 32.2 Å². The first kappa shape index (κ1) is 23.1. The molecule has 0 atom stereocenters. The molecule has 0 radical (unpaired) electrons. The fraction of sp³-hybridized carbons (Fsp3) is 0.273. The van der Waals surface area contributed by atoms with Crippen molar-refractivity contribution in [3.05, 3.63) is 76.0 Å². The molecular weight excluding hydrogens is 437 g/mol. The van der Waals surface area contributed by atoms with Gasteiger partial charge >= 0.3 is 0 Å². The van der Waals surface area contributed by atoms with Gasteiger partial charge in [0.15, 0.2) is 0 Å². The van der Waals surface area contributed by atoms with Gasteiger partial charge in [0.25, 0.3) is 5.91 Å². The smallest absolute Gasteiger partial charge is 0.258 e. The molecule has 0 aliphatic heterocycles. The first-order valence-corrected chi connectivity index (χ1v) is 12.2. The van der Waals surface area contributed by atoms with Gasteiger partial charge in [-0.1, -0.05) is 19.9 Å². The van der Waals surface area contributed by atoms with Gasteiger partial charge < -0.3 is 4.90 Å². The number of thiazole rings is 1. The number of benzene rings is 2. The van der Waals surface area contributed by atoms with E-state index in [1.165, 1.54) is 56.9 Å². The van der Waals surface area contributed by atoms with Crippen LogP contribution in [0.5, 0.6) is 0 Å². The molecule has 0 unspecified atom stereocenters. The second-order valence-corrected chi connectivity index (χ2v) is 9.84. The Labute approximate surface area is 186 Å². The highest BCUT2D eigenvalue weighted by atomic mass is 32.2. The van der Waals surface area contributed by atoms with Gasteiger partial charge in [-0.15, -0.1) is 11.3 Å². The average Bonchev–Trinajstić information content (AvgIpc) is 3.18. The van der Waals surface area contributed by atoms with Crippen LogP contribution in [0.4, 0.5) is 10.1 Å². The van der Waals surface area contributed by atoms with E-state index in [9.17, 15) is 17.6 Å². The SMILES string of the molecule is CCN(CC)S(=O)(=O)c1cccc(C(=O)N(Cc2csc(C)n2)c2ccc(F)cc2)c1. The molecule has 0 saturated carbocycles. The topological polar surface area (TPSA) is 70.6 Å². The summed E-state index contributed by atoms with van der Waals surface area (Å²) in [5.41, 5.74) is 1.42. The molecule has 0 N–H and O–H groups in total. The summed E-state index contributed by atoms with van der Waals surface area (Å²) in [6.45, 7) is 6.26. The fourth-order valence-electron chi connectivity index (χ4n) is 3.20. The zero-order chi connectivity index (χ0) is 22.6. The van der Waals surface area contributed by atoms with Crippen molar-refractivity contribution < 1.29 is 17.6 Å². The molecular formula is C22H24FN3O3S2. The molecule has 0 saturated heterocycles. The number of amides is 1. The summed E-state index contributed by atoms with van der Waals surface area (Å²) < 4.78 is 40.6. The van der Waals surface area contributed by atoms with Crippen LogP contribution in [0.15, 0.2) is 58.8 Å². The highest BCUT2D eigenvalue weighted by molar-refractivity contribution is 7.89. The Morgan fingerprint density at radius 1 is 1.10 bits per heavy atom. The number of aromatic nitrogens is 1. The Morgan fingerprint density at radius 3 is 2.35 bits per heavy atom. The maximum absolute atomic E-state index is 13.4. The monoisotopic (exact) mass is 461 g/mol. The summed E-state index contributed by atoms with van der Waals surface area (Å²) in [4.78, 5) is 19.4. The summed E-state index contributed by atoms with van der Waals surface area (Å²) >= 11 is 1.47. The molecule has 2 aromatic carbocycles. The van der Waals surface area contributed by atoms with Gasteiger partial charge in [-0.3, -0.25) is 4.79 Å². The molecule has 0 bridgehead atoms. The zero-order valence-corrected chi connectivity index (χ0v) is 19.2. The van der Waals surface area contributed by atoms with Crippen LogP contribution in [0.3, 0.4) is 0 Å². The molecule has 3 rings (SSSR count). The largest absolute Gasteiger partial charge is 0.302 e. The van der Waals surface area contributed by atoms with Crippen LogP contribution >= 0.6 is 11.3 Å². The molecule has 31 heavy (non-hydrogen) atoms. The average molecular weight is 462 g/mol. The minimum Gasteiger partial charge on any atom is -0.302 e. The maximum atomic E-state index is 13.4. The predicted octanol–water partition coefficient (Wildman–Crippen LogP) is 4.47. The number of carbonyl (C=O) groups excluding carboxylic acids is 1. The summed E-state index contributed by atoms with van der Waals surface area (Å²) in [5.74, 6) is -0.804. The van der Waals surface area contributed by atoms with Crippen molar-refractivity contribution in [3.63, 3.8) is 0 Å². The van der Waals surface area contributed by atoms with Crippen molar-refractivity contribution in [2.24, 2.45) is 0 Å². The molecule has 6 nitrogen and oxygen atoms in total. The number of carbonyl (C=O) groups is 1. The van der Waals surface area contributed by atoms with Crippen LogP contribution in [0.2, 0.25) is 0 Å². The van der Waals surface area contributed by atoms with E-state index in [0.29, 0.717) is 24.5 Å². The molecule has 0 fully saturated rings. The van der Waals surface area contributed by atoms with Crippen molar-refractivity contribution >= 4 is 33.0 Å². The van der Waals surface area contributed by atoms with E-state index in [-0.39, 0.29) is 17.0 Å². The minimum atomic E-state index is -3.71. The summed E-state index contributed by atoms with van der Waals surface area (Å²) in [6, 6.07) is 11.6. The molecule has 164 valence electrons. The lowest BCUT2D eigenvalue weighted by molar-refractivity contribution is 0.0984. The van der Waals surface area contributed by atoms with Crippen molar-refractivity contribution in [3.8, 4) is 0 Å². The standard InChI is InChI=1S/C22H24FN3O3S2/c1-4-25(5-2)31(28,29)21-8-6-7-17(13-21)22(27)26(14-19-15-30-16(3)24-19)20-11-9-18(23)10-12-20/h6-13,15H,4-5,14H2,1-3H3. The molecule has 0 aliphatic rings. The Balaban J connectivity index is 2.00. The lowest BCUT2D eigenvalue weighted by Crippen LogP contribution is -2.32. The molecule has 1 aromatic heterocycles. The van der Waals surface area contributed by atoms with E-state index in [4.69, 9.17) is 0 Å². The highest BCUT2D eigenvalue weighted by Crippen LogP contribution is 2.24. The number of rotatable bonds is 8. The molecule has 9 heteroatoms. The first-order chi connectivity index (χ1) is 14.8. The van der Waals surface area contributed by atoms with Crippen LogP contribution in [-0.2, 0) is 16.6 Å². The normalized spacial score (nSPS) is 11.6. The number of nitrogens with zero attached hydrogens (tertiary/aromatic N) is 3. The van der Waals surface area contributed by atoms with E-state index in [1.807, 2.05) is 12.3 Å². The lowest BCUT2D eigenvalue weighted by atomic mass is 10.1. The second kappa shape index (κ2) is 9.67. The zero-order valence-electron chi connectivity index (χ0n) is 17.6. The van der Waals surface area contributed by atoms with Gasteiger partial charge in [-0.25, -0.2) is 17.8 Å². The molecule has 0 aliphatic carbocycles. The predicted molar refractivity (Wildman–Crippen MR) is 120 cm³/mol. The van der Waals surface area contributed by atoms with Crippen LogP contribution in [-0.4, -0.2) is 36.7 Å². The minimum absolute atomic E-state index is 0.0607. The first-order valence-electron chi connectivity index (χ1n) is 9.85. The van der Waals surface area contributed by atoms with Crippen molar-refractivity contribution in [2.75, 3.05) is 18.0 Å². The molecule has 3 aromatic rings. The maximum Gasteiger partial charge on any atom is 0.258 e. The number of anilines is 1. The van der Waals surface area contributed by atoms with Gasteiger partial charge in [-0.05, 0) is 49.4 Å². The van der Waals surface area contributed by atoms with Crippen LogP contribution < -0.4 is 4.90 Å². The Bertz CT molecular complexity index is 1160. The summed E-state index contributed by atoms with van der Waals surface area (Å²) in [5, 5.41) is 2.73. The van der Waals surface area contributed by atoms with Crippen LogP contribution in [0.25, 0.3) is 0 Å². The Morgan fingerprint density at radius 2 is 1.77 bits per heavy atom. The third-order valence-electron chi connectivity index (χ3n) is 4.79. The summed E-state index contributed by atoms with van der Waals surface area (Å²) in [6.07, 6.45) is 0. The number of aryl methyl sites for hydroxylation is 1. The van der Waals surface area contributed by atoms with Gasteiger partial charge in [0.2, 0.25) is 10.0 Å². The number of hydrogen-bond donors (Lipinski definition) is 0. The van der Waals surface area contributed by atoms with Crippen molar-refractivity contribution in [1.29, 1.82) is 0 Å². The fourth-order valence-corrected chi connectivity index (χ4v) is 5.31. The number of sulfonamides is 1. The molecule has 0 spiro atoms. The van der Waals surface area contributed by atoms with Gasteiger partial charge in [0, 0.05) is 29.7 Å². The van der Waals surface area contributed by atoms with Gasteiger partial charge in [-0.2, -0.15) is 4.31 Å². The van der Waals surface area contributed by atoms with Crippen LogP contribution in [0.1, 0.15) is 34.9 Å². The van der Waals surface area contributed by atoms with E-state index in [2.05, 4.69) is 4.98 Å². The lowest BCUT2D eigenvalue weighted by Gasteiger charge is -2.23. The quantitative estimate of drug-likeness (QED) is 0.496. The Hall–Kier alpha value is -2.62. The summed E-state index contributed by atoms with van der Waals surface area (Å²) in [7, 11) is -3.71. The number of hydrogen-bond acceptors (Lipinski definition) is 5. The van der Waals surface area contributed by atoms with Gasteiger partial charge in [0.05, 0.1) is 22.1 Å². The third kappa shape index (κ3) is 5.17. The highest BCUT2D eigenvalue weighted by Gasteiger charge is 2.25. The number of halogens is 1. The van der Waals surface area contributed by atoms with E-state index < -0.39 is 21.7 Å². The van der Waals surface area contributed by atoms with E-state index in [0.717, 1.165) is 5.01 Å². The van der Waals surface area contributed by atoms with E-state index >= 15 is 0 Å². The van der Waals surface area contributed by atoms with Crippen LogP contribution in [0, 0.1) is 12.7 Å². The van der Waals surface area contributed by atoms with E-state index in [1.54, 1.807) is 26.0 Å². The van der Waals surface area contributed by atoms with Gasteiger partial charge in [0.1, 0.15) is 5.82 Å².